The van der Waals surface area contributed by atoms with Crippen LogP contribution in [0, 0.1) is 0 Å². The molecular weight excluding hydrogens is 283 g/mol. The zero-order valence-electron chi connectivity index (χ0n) is 11.9. The van der Waals surface area contributed by atoms with Gasteiger partial charge in [-0.15, -0.1) is 0 Å². The lowest BCUT2D eigenvalue weighted by atomic mass is 10.1. The molecule has 1 heterocycles. The second-order valence-electron chi connectivity index (χ2n) is 5.46. The minimum absolute atomic E-state index is 0.194. The average Bonchev–Trinajstić information content (AvgIpc) is 2.85. The normalized spacial score (nSPS) is 19.3. The third-order valence-corrected chi connectivity index (χ3v) is 3.78. The molecule has 0 spiro atoms. The summed E-state index contributed by atoms with van der Waals surface area (Å²) in [6.45, 7) is 1.18. The lowest BCUT2D eigenvalue weighted by molar-refractivity contribution is -0.136. The molecule has 0 bridgehead atoms. The summed E-state index contributed by atoms with van der Waals surface area (Å²) >= 11 is 0. The smallest absolute Gasteiger partial charge is 0.398 e. The Morgan fingerprint density at radius 3 is 2.52 bits per heavy atom. The third kappa shape index (κ3) is 3.29. The van der Waals surface area contributed by atoms with Crippen LogP contribution in [-0.4, -0.2) is 48.9 Å². The van der Waals surface area contributed by atoms with E-state index in [1.807, 2.05) is 19.0 Å². The largest absolute Gasteiger partial charge is 0.418 e. The summed E-state index contributed by atoms with van der Waals surface area (Å²) in [6, 6.07) is 3.43. The number of nitrogens with two attached hydrogens (primary N) is 1. The number of hydrogen-bond donors (Lipinski definition) is 1. The van der Waals surface area contributed by atoms with Gasteiger partial charge in [0.05, 0.1) is 5.56 Å². The molecule has 1 aliphatic heterocycles. The van der Waals surface area contributed by atoms with E-state index < -0.39 is 17.4 Å². The first-order chi connectivity index (χ1) is 9.70. The zero-order valence-corrected chi connectivity index (χ0v) is 11.9. The molecule has 1 saturated heterocycles. The second-order valence-corrected chi connectivity index (χ2v) is 5.46. The van der Waals surface area contributed by atoms with Crippen LogP contribution in [0.25, 0.3) is 0 Å². The second kappa shape index (κ2) is 5.55. The van der Waals surface area contributed by atoms with Crippen LogP contribution in [-0.2, 0) is 6.18 Å². The fraction of sp³-hybridized carbons (Fsp3) is 0.500. The van der Waals surface area contributed by atoms with Crippen LogP contribution in [0.2, 0.25) is 0 Å². The molecule has 0 aromatic heterocycles. The Labute approximate surface area is 121 Å². The van der Waals surface area contributed by atoms with E-state index in [2.05, 4.69) is 0 Å². The van der Waals surface area contributed by atoms with Crippen LogP contribution in [0.5, 0.6) is 0 Å². The van der Waals surface area contributed by atoms with Gasteiger partial charge < -0.3 is 15.5 Å². The number of carbonyl (C=O) groups excluding carboxylic acids is 1. The third-order valence-electron chi connectivity index (χ3n) is 3.78. The summed E-state index contributed by atoms with van der Waals surface area (Å²) in [6.07, 6.45) is -3.65. The summed E-state index contributed by atoms with van der Waals surface area (Å²) in [7, 11) is 3.88. The van der Waals surface area contributed by atoms with Crippen molar-refractivity contribution in [1.29, 1.82) is 0 Å². The Bertz CT molecular complexity index is 543. The summed E-state index contributed by atoms with van der Waals surface area (Å²) in [4.78, 5) is 16.0. The van der Waals surface area contributed by atoms with Crippen molar-refractivity contribution in [3.8, 4) is 0 Å². The molecule has 1 unspecified atom stereocenters. The number of anilines is 1. The first-order valence-corrected chi connectivity index (χ1v) is 6.62. The topological polar surface area (TPSA) is 49.6 Å². The van der Waals surface area contributed by atoms with Crippen molar-refractivity contribution >= 4 is 11.6 Å². The molecule has 1 atom stereocenters. The summed E-state index contributed by atoms with van der Waals surface area (Å²) in [5.74, 6) is -0.278. The quantitative estimate of drug-likeness (QED) is 0.851. The van der Waals surface area contributed by atoms with Gasteiger partial charge >= 0.3 is 6.18 Å². The van der Waals surface area contributed by atoms with Crippen LogP contribution in [0.1, 0.15) is 22.3 Å². The molecule has 1 fully saturated rings. The Morgan fingerprint density at radius 2 is 2.05 bits per heavy atom. The van der Waals surface area contributed by atoms with Crippen molar-refractivity contribution < 1.29 is 18.0 Å². The van der Waals surface area contributed by atoms with E-state index in [0.717, 1.165) is 18.6 Å². The van der Waals surface area contributed by atoms with Crippen molar-refractivity contribution in [2.24, 2.45) is 0 Å². The SMILES string of the molecule is CN(C)C1CCN(C(=O)c2ccc(C(F)(F)F)c(N)c2)C1. The molecule has 0 saturated carbocycles. The number of hydrogen-bond acceptors (Lipinski definition) is 3. The monoisotopic (exact) mass is 301 g/mol. The number of nitrogens with zero attached hydrogens (tertiary/aromatic N) is 2. The Kier molecular flexibility index (Phi) is 4.13. The number of benzene rings is 1. The number of likely N-dealkylation sites (N-methyl/N-ethyl adjacent to an activating group) is 1. The molecule has 1 amide bonds. The van der Waals surface area contributed by atoms with E-state index in [4.69, 9.17) is 5.73 Å². The van der Waals surface area contributed by atoms with Crippen LogP contribution >= 0.6 is 0 Å². The standard InChI is InChI=1S/C14H18F3N3O/c1-19(2)10-5-6-20(8-10)13(21)9-3-4-11(12(18)7-9)14(15,16)17/h3-4,7,10H,5-6,8,18H2,1-2H3. The Hall–Kier alpha value is -1.76. The molecule has 1 aromatic carbocycles. The first-order valence-electron chi connectivity index (χ1n) is 6.62. The molecule has 1 aliphatic rings. The van der Waals surface area contributed by atoms with E-state index in [0.29, 0.717) is 13.1 Å². The number of rotatable bonds is 2. The summed E-state index contributed by atoms with van der Waals surface area (Å²) in [5, 5.41) is 0. The van der Waals surface area contributed by atoms with E-state index in [1.54, 1.807) is 4.90 Å². The van der Waals surface area contributed by atoms with E-state index in [1.165, 1.54) is 6.07 Å². The van der Waals surface area contributed by atoms with Crippen molar-refractivity contribution in [2.45, 2.75) is 18.6 Å². The van der Waals surface area contributed by atoms with E-state index >= 15 is 0 Å². The van der Waals surface area contributed by atoms with Gasteiger partial charge in [0.1, 0.15) is 0 Å². The van der Waals surface area contributed by atoms with Crippen molar-refractivity contribution in [2.75, 3.05) is 32.9 Å². The number of likely N-dealkylation sites (tertiary alicyclic amines) is 1. The van der Waals surface area contributed by atoms with Crippen LogP contribution in [0.15, 0.2) is 18.2 Å². The van der Waals surface area contributed by atoms with Gasteiger partial charge in [0, 0.05) is 30.4 Å². The van der Waals surface area contributed by atoms with Crippen LogP contribution in [0.3, 0.4) is 0 Å². The number of nitrogen functional groups attached to an aromatic ring is 1. The van der Waals surface area contributed by atoms with Gasteiger partial charge in [-0.05, 0) is 38.7 Å². The van der Waals surface area contributed by atoms with Crippen molar-refractivity contribution in [3.05, 3.63) is 29.3 Å². The predicted octanol–water partition coefficient (Wildman–Crippen LogP) is 2.06. The highest BCUT2D eigenvalue weighted by molar-refractivity contribution is 5.95. The van der Waals surface area contributed by atoms with Crippen LogP contribution in [0.4, 0.5) is 18.9 Å². The maximum Gasteiger partial charge on any atom is 0.418 e. The lowest BCUT2D eigenvalue weighted by Crippen LogP contribution is -2.34. The molecule has 2 rings (SSSR count). The fourth-order valence-corrected chi connectivity index (χ4v) is 2.48. The maximum atomic E-state index is 12.6. The highest BCUT2D eigenvalue weighted by atomic mass is 19.4. The minimum Gasteiger partial charge on any atom is -0.398 e. The Morgan fingerprint density at radius 1 is 1.38 bits per heavy atom. The number of amides is 1. The average molecular weight is 301 g/mol. The molecule has 0 aliphatic carbocycles. The van der Waals surface area contributed by atoms with E-state index in [9.17, 15) is 18.0 Å². The summed E-state index contributed by atoms with van der Waals surface area (Å²) in [5.41, 5.74) is 4.28. The fourth-order valence-electron chi connectivity index (χ4n) is 2.48. The highest BCUT2D eigenvalue weighted by Gasteiger charge is 2.34. The molecule has 4 nitrogen and oxygen atoms in total. The number of halogens is 3. The van der Waals surface area contributed by atoms with Gasteiger partial charge in [0.15, 0.2) is 0 Å². The summed E-state index contributed by atoms with van der Waals surface area (Å²) < 4.78 is 37.9. The Balaban J connectivity index is 2.16. The predicted molar refractivity (Wildman–Crippen MR) is 73.9 cm³/mol. The van der Waals surface area contributed by atoms with Gasteiger partial charge in [-0.2, -0.15) is 13.2 Å². The molecule has 1 aromatic rings. The molecule has 7 heteroatoms. The molecule has 0 radical (unpaired) electrons. The number of alkyl halides is 3. The van der Waals surface area contributed by atoms with Crippen molar-refractivity contribution in [1.82, 2.24) is 9.80 Å². The first kappa shape index (κ1) is 15.6. The molecule has 21 heavy (non-hydrogen) atoms. The molecule has 2 N–H and O–H groups in total. The van der Waals surface area contributed by atoms with Gasteiger partial charge in [-0.1, -0.05) is 0 Å². The zero-order chi connectivity index (χ0) is 15.8. The van der Waals surface area contributed by atoms with Crippen LogP contribution < -0.4 is 5.73 Å². The molecular formula is C14H18F3N3O. The van der Waals surface area contributed by atoms with Gasteiger partial charge in [-0.25, -0.2) is 0 Å². The van der Waals surface area contributed by atoms with Gasteiger partial charge in [-0.3, -0.25) is 4.79 Å². The highest BCUT2D eigenvalue weighted by Crippen LogP contribution is 2.34. The minimum atomic E-state index is -4.50. The number of carbonyl (C=O) groups is 1. The van der Waals surface area contributed by atoms with Gasteiger partial charge in [0.25, 0.3) is 5.91 Å². The molecule has 116 valence electrons. The van der Waals surface area contributed by atoms with Crippen molar-refractivity contribution in [3.63, 3.8) is 0 Å². The van der Waals surface area contributed by atoms with E-state index in [-0.39, 0.29) is 17.5 Å². The van der Waals surface area contributed by atoms with Gasteiger partial charge in [0.2, 0.25) is 0 Å². The maximum absolute atomic E-state index is 12.6. The lowest BCUT2D eigenvalue weighted by Gasteiger charge is -2.21.